The first kappa shape index (κ1) is 20.1. The van der Waals surface area contributed by atoms with Crippen molar-refractivity contribution in [3.05, 3.63) is 22.4 Å². The van der Waals surface area contributed by atoms with Crippen molar-refractivity contribution in [3.8, 4) is 0 Å². The van der Waals surface area contributed by atoms with Crippen LogP contribution in [0.15, 0.2) is 22.5 Å². The van der Waals surface area contributed by atoms with E-state index < -0.39 is 0 Å². The summed E-state index contributed by atoms with van der Waals surface area (Å²) in [5.74, 6) is 1.57. The molecule has 1 aliphatic rings. The van der Waals surface area contributed by atoms with E-state index in [4.69, 9.17) is 0 Å². The van der Waals surface area contributed by atoms with Crippen LogP contribution in [0.4, 0.5) is 0 Å². The third-order valence-corrected chi connectivity index (χ3v) is 6.02. The van der Waals surface area contributed by atoms with Gasteiger partial charge in [0.1, 0.15) is 0 Å². The lowest BCUT2D eigenvalue weighted by molar-refractivity contribution is 0.549. The molecule has 6 heteroatoms. The number of guanidine groups is 1. The number of thioether (sulfide) groups is 1. The molecule has 1 aliphatic carbocycles. The topological polar surface area (TPSA) is 36.4 Å². The molecule has 3 unspecified atom stereocenters. The summed E-state index contributed by atoms with van der Waals surface area (Å²) in [5, 5.41) is 10.0. The predicted octanol–water partition coefficient (Wildman–Crippen LogP) is 3.99. The van der Waals surface area contributed by atoms with Crippen LogP contribution in [0, 0.1) is 5.92 Å². The second-order valence-electron chi connectivity index (χ2n) is 5.85. The van der Waals surface area contributed by atoms with Crippen molar-refractivity contribution in [3.63, 3.8) is 0 Å². The Balaban J connectivity index is 0.00000242. The van der Waals surface area contributed by atoms with Gasteiger partial charge in [0.15, 0.2) is 5.96 Å². The van der Waals surface area contributed by atoms with Gasteiger partial charge in [0.25, 0.3) is 0 Å². The van der Waals surface area contributed by atoms with Gasteiger partial charge in [-0.3, -0.25) is 4.99 Å². The number of rotatable bonds is 6. The minimum absolute atomic E-state index is 0. The molecule has 1 fully saturated rings. The normalized spacial score (nSPS) is 23.0. The number of aliphatic imine (C=N–C) groups is 1. The maximum Gasteiger partial charge on any atom is 0.191 e. The SMILES string of the molecule is CN=C(NCC(C)Cc1cccs1)NC1CCC(SC)C1.I. The van der Waals surface area contributed by atoms with E-state index in [0.717, 1.165) is 24.2 Å². The van der Waals surface area contributed by atoms with Crippen LogP contribution in [0.5, 0.6) is 0 Å². The molecule has 0 aromatic carbocycles. The van der Waals surface area contributed by atoms with Crippen molar-refractivity contribution in [1.82, 2.24) is 10.6 Å². The summed E-state index contributed by atoms with van der Waals surface area (Å²) in [6.07, 6.45) is 7.19. The third kappa shape index (κ3) is 6.66. The van der Waals surface area contributed by atoms with Crippen molar-refractivity contribution in [1.29, 1.82) is 0 Å². The molecule has 1 aromatic rings. The number of thiophene rings is 1. The molecule has 0 aliphatic heterocycles. The smallest absolute Gasteiger partial charge is 0.191 e. The van der Waals surface area contributed by atoms with Crippen LogP contribution in [-0.4, -0.2) is 37.1 Å². The van der Waals surface area contributed by atoms with Crippen LogP contribution >= 0.6 is 47.1 Å². The molecular formula is C16H28IN3S2. The summed E-state index contributed by atoms with van der Waals surface area (Å²) in [7, 11) is 1.86. The molecule has 3 atom stereocenters. The number of nitrogens with one attached hydrogen (secondary N) is 2. The summed E-state index contributed by atoms with van der Waals surface area (Å²) < 4.78 is 0. The Morgan fingerprint density at radius 1 is 1.50 bits per heavy atom. The number of hydrogen-bond acceptors (Lipinski definition) is 3. The van der Waals surface area contributed by atoms with Crippen LogP contribution < -0.4 is 10.6 Å². The maximum absolute atomic E-state index is 4.36. The first-order valence-corrected chi connectivity index (χ1v) is 9.90. The van der Waals surface area contributed by atoms with Crippen molar-refractivity contribution >= 4 is 53.0 Å². The van der Waals surface area contributed by atoms with Crippen molar-refractivity contribution in [2.45, 2.75) is 43.9 Å². The van der Waals surface area contributed by atoms with E-state index >= 15 is 0 Å². The highest BCUT2D eigenvalue weighted by molar-refractivity contribution is 14.0. The molecule has 0 bridgehead atoms. The molecule has 22 heavy (non-hydrogen) atoms. The van der Waals surface area contributed by atoms with Crippen LogP contribution in [-0.2, 0) is 6.42 Å². The zero-order valence-electron chi connectivity index (χ0n) is 13.7. The van der Waals surface area contributed by atoms with E-state index in [9.17, 15) is 0 Å². The molecular weight excluding hydrogens is 425 g/mol. The molecule has 126 valence electrons. The highest BCUT2D eigenvalue weighted by Gasteiger charge is 2.24. The van der Waals surface area contributed by atoms with Crippen LogP contribution in [0.3, 0.4) is 0 Å². The van der Waals surface area contributed by atoms with Gasteiger partial charge in [0.2, 0.25) is 0 Å². The second-order valence-corrected chi connectivity index (χ2v) is 8.02. The Morgan fingerprint density at radius 2 is 2.32 bits per heavy atom. The fourth-order valence-corrected chi connectivity index (χ4v) is 4.45. The first-order valence-electron chi connectivity index (χ1n) is 7.73. The minimum Gasteiger partial charge on any atom is -0.356 e. The lowest BCUT2D eigenvalue weighted by atomic mass is 10.1. The van der Waals surface area contributed by atoms with E-state index in [2.05, 4.69) is 46.3 Å². The average molecular weight is 453 g/mol. The Kier molecular flexibility index (Phi) is 9.82. The van der Waals surface area contributed by atoms with E-state index in [1.807, 2.05) is 30.1 Å². The van der Waals surface area contributed by atoms with Crippen molar-refractivity contribution < 1.29 is 0 Å². The average Bonchev–Trinajstić information content (AvgIpc) is 3.14. The summed E-state index contributed by atoms with van der Waals surface area (Å²) in [4.78, 5) is 5.83. The molecule has 1 saturated carbocycles. The van der Waals surface area contributed by atoms with Gasteiger partial charge < -0.3 is 10.6 Å². The zero-order valence-corrected chi connectivity index (χ0v) is 17.6. The summed E-state index contributed by atoms with van der Waals surface area (Å²) in [6.45, 7) is 3.26. The van der Waals surface area contributed by atoms with Gasteiger partial charge in [-0.25, -0.2) is 0 Å². The zero-order chi connectivity index (χ0) is 15.1. The second kappa shape index (κ2) is 10.8. The Hall–Kier alpha value is 0.0500. The van der Waals surface area contributed by atoms with E-state index in [-0.39, 0.29) is 24.0 Å². The van der Waals surface area contributed by atoms with Crippen LogP contribution in [0.25, 0.3) is 0 Å². The van der Waals surface area contributed by atoms with Gasteiger partial charge in [0.05, 0.1) is 0 Å². The van der Waals surface area contributed by atoms with Gasteiger partial charge in [-0.05, 0) is 49.3 Å². The highest BCUT2D eigenvalue weighted by atomic mass is 127. The van der Waals surface area contributed by atoms with E-state index in [1.54, 1.807) is 0 Å². The van der Waals surface area contributed by atoms with Crippen molar-refractivity contribution in [2.24, 2.45) is 10.9 Å². The lowest BCUT2D eigenvalue weighted by Crippen LogP contribution is -2.44. The third-order valence-electron chi connectivity index (χ3n) is 4.03. The van der Waals surface area contributed by atoms with Gasteiger partial charge in [0, 0.05) is 29.8 Å². The Labute approximate surface area is 160 Å². The molecule has 0 spiro atoms. The molecule has 3 nitrogen and oxygen atoms in total. The highest BCUT2D eigenvalue weighted by Crippen LogP contribution is 2.28. The molecule has 2 N–H and O–H groups in total. The van der Waals surface area contributed by atoms with Gasteiger partial charge in [-0.1, -0.05) is 13.0 Å². The van der Waals surface area contributed by atoms with Gasteiger partial charge in [-0.2, -0.15) is 11.8 Å². The first-order chi connectivity index (χ1) is 10.2. The largest absolute Gasteiger partial charge is 0.356 e. The minimum atomic E-state index is 0. The predicted molar refractivity (Wildman–Crippen MR) is 112 cm³/mol. The summed E-state index contributed by atoms with van der Waals surface area (Å²) >= 11 is 3.84. The van der Waals surface area contributed by atoms with Gasteiger partial charge >= 0.3 is 0 Å². The maximum atomic E-state index is 4.36. The van der Waals surface area contributed by atoms with Gasteiger partial charge in [-0.15, -0.1) is 35.3 Å². The number of hydrogen-bond donors (Lipinski definition) is 2. The molecule has 0 amide bonds. The van der Waals surface area contributed by atoms with E-state index in [1.165, 1.54) is 24.1 Å². The fraction of sp³-hybridized carbons (Fsp3) is 0.688. The summed E-state index contributed by atoms with van der Waals surface area (Å²) in [6, 6.07) is 4.93. The lowest BCUT2D eigenvalue weighted by Gasteiger charge is -2.19. The molecule has 0 radical (unpaired) electrons. The molecule has 2 rings (SSSR count). The Bertz CT molecular complexity index is 437. The van der Waals surface area contributed by atoms with Crippen LogP contribution in [0.2, 0.25) is 0 Å². The molecule has 0 saturated heterocycles. The molecule has 1 aromatic heterocycles. The Morgan fingerprint density at radius 3 is 2.91 bits per heavy atom. The summed E-state index contributed by atoms with van der Waals surface area (Å²) in [5.41, 5.74) is 0. The quantitative estimate of drug-likeness (QED) is 0.389. The fourth-order valence-electron chi connectivity index (χ4n) is 2.79. The van der Waals surface area contributed by atoms with Crippen molar-refractivity contribution in [2.75, 3.05) is 19.8 Å². The monoisotopic (exact) mass is 453 g/mol. The van der Waals surface area contributed by atoms with Crippen LogP contribution in [0.1, 0.15) is 31.1 Å². The molecule has 1 heterocycles. The van der Waals surface area contributed by atoms with E-state index in [0.29, 0.717) is 12.0 Å². The number of halogens is 1. The standard InChI is InChI=1S/C16H27N3S2.HI/c1-12(9-15-5-4-8-21-15)11-18-16(17-2)19-13-6-7-14(10-13)20-3;/h4-5,8,12-14H,6-7,9-11H2,1-3H3,(H2,17,18,19);1H. The number of nitrogens with zero attached hydrogens (tertiary/aromatic N) is 1.